The van der Waals surface area contributed by atoms with Crippen LogP contribution in [0.3, 0.4) is 0 Å². The van der Waals surface area contributed by atoms with Crippen molar-refractivity contribution in [2.45, 2.75) is 0 Å². The van der Waals surface area contributed by atoms with Crippen LogP contribution in [0.1, 0.15) is 11.1 Å². The van der Waals surface area contributed by atoms with Crippen molar-refractivity contribution < 1.29 is 9.13 Å². The van der Waals surface area contributed by atoms with E-state index < -0.39 is 0 Å². The number of halogens is 1. The number of methoxy groups -OCH3 is 1. The van der Waals surface area contributed by atoms with Gasteiger partial charge >= 0.3 is 0 Å². The smallest absolute Gasteiger partial charge is 0.123 e. The van der Waals surface area contributed by atoms with Gasteiger partial charge in [-0.2, -0.15) is 0 Å². The normalized spacial score (nSPS) is 10.7. The van der Waals surface area contributed by atoms with Gasteiger partial charge in [0.15, 0.2) is 0 Å². The number of rotatable bonds is 3. The molecule has 2 aromatic carbocycles. The van der Waals surface area contributed by atoms with E-state index in [9.17, 15) is 4.39 Å². The molecule has 0 saturated carbocycles. The van der Waals surface area contributed by atoms with Gasteiger partial charge in [0.25, 0.3) is 0 Å². The molecule has 0 unspecified atom stereocenters. The molecule has 0 aliphatic carbocycles. The third kappa shape index (κ3) is 3.18. The van der Waals surface area contributed by atoms with Gasteiger partial charge in [-0.3, -0.25) is 0 Å². The van der Waals surface area contributed by atoms with Crippen LogP contribution in [0.2, 0.25) is 0 Å². The molecule has 86 valence electrons. The first-order chi connectivity index (χ1) is 8.28. The minimum Gasteiger partial charge on any atom is -0.497 e. The summed E-state index contributed by atoms with van der Waals surface area (Å²) in [6.07, 6.45) is 3.80. The Morgan fingerprint density at radius 3 is 2.24 bits per heavy atom. The lowest BCUT2D eigenvalue weighted by atomic mass is 10.1. The Morgan fingerprint density at radius 1 is 0.941 bits per heavy atom. The van der Waals surface area contributed by atoms with Gasteiger partial charge in [-0.1, -0.05) is 36.4 Å². The van der Waals surface area contributed by atoms with Crippen molar-refractivity contribution in [1.82, 2.24) is 0 Å². The molecule has 0 N–H and O–H groups in total. The summed E-state index contributed by atoms with van der Waals surface area (Å²) in [4.78, 5) is 0. The summed E-state index contributed by atoms with van der Waals surface area (Å²) in [5, 5.41) is 0. The van der Waals surface area contributed by atoms with E-state index in [1.54, 1.807) is 13.2 Å². The summed E-state index contributed by atoms with van der Waals surface area (Å²) < 4.78 is 18.1. The summed E-state index contributed by atoms with van der Waals surface area (Å²) in [5.74, 6) is 0.587. The lowest BCUT2D eigenvalue weighted by molar-refractivity contribution is 0.414. The molecule has 0 spiro atoms. The molecule has 0 heterocycles. The van der Waals surface area contributed by atoms with Gasteiger partial charge in [-0.25, -0.2) is 4.39 Å². The fourth-order valence-electron chi connectivity index (χ4n) is 1.55. The summed E-state index contributed by atoms with van der Waals surface area (Å²) in [6, 6.07) is 14.2. The minimum absolute atomic E-state index is 0.224. The standard InChI is InChI=1S/C15H13FO/c1-17-15-7-3-5-13(11-15)9-8-12-4-2-6-14(16)10-12/h2-11H,1H3/b9-8+. The monoisotopic (exact) mass is 228 g/mol. The first-order valence-electron chi connectivity index (χ1n) is 5.35. The zero-order valence-electron chi connectivity index (χ0n) is 9.56. The number of hydrogen-bond donors (Lipinski definition) is 0. The van der Waals surface area contributed by atoms with Crippen LogP contribution in [-0.2, 0) is 0 Å². The fourth-order valence-corrected chi connectivity index (χ4v) is 1.55. The predicted molar refractivity (Wildman–Crippen MR) is 68.3 cm³/mol. The number of ether oxygens (including phenoxy) is 1. The number of hydrogen-bond acceptors (Lipinski definition) is 1. The van der Waals surface area contributed by atoms with E-state index >= 15 is 0 Å². The first-order valence-corrected chi connectivity index (χ1v) is 5.35. The Labute approximate surface area is 100 Å². The van der Waals surface area contributed by atoms with Crippen LogP contribution in [0.5, 0.6) is 5.75 Å². The molecule has 0 radical (unpaired) electrons. The van der Waals surface area contributed by atoms with Crippen LogP contribution >= 0.6 is 0 Å². The highest BCUT2D eigenvalue weighted by atomic mass is 19.1. The largest absolute Gasteiger partial charge is 0.497 e. The van der Waals surface area contributed by atoms with Crippen molar-refractivity contribution >= 4 is 12.2 Å². The molecule has 17 heavy (non-hydrogen) atoms. The summed E-state index contributed by atoms with van der Waals surface area (Å²) in [7, 11) is 1.63. The Morgan fingerprint density at radius 2 is 1.59 bits per heavy atom. The quantitative estimate of drug-likeness (QED) is 0.721. The molecular weight excluding hydrogens is 215 g/mol. The second-order valence-electron chi connectivity index (χ2n) is 3.66. The molecule has 2 aromatic rings. The van der Waals surface area contributed by atoms with Crippen molar-refractivity contribution in [3.63, 3.8) is 0 Å². The third-order valence-electron chi connectivity index (χ3n) is 2.41. The van der Waals surface area contributed by atoms with Crippen molar-refractivity contribution in [2.75, 3.05) is 7.11 Å². The van der Waals surface area contributed by atoms with E-state index in [4.69, 9.17) is 4.74 Å². The van der Waals surface area contributed by atoms with Gasteiger partial charge in [0.05, 0.1) is 7.11 Å². The minimum atomic E-state index is -0.224. The average Bonchev–Trinajstić information content (AvgIpc) is 2.37. The zero-order valence-corrected chi connectivity index (χ0v) is 9.56. The molecule has 0 saturated heterocycles. The molecule has 0 amide bonds. The maximum Gasteiger partial charge on any atom is 0.123 e. The topological polar surface area (TPSA) is 9.23 Å². The van der Waals surface area contributed by atoms with Gasteiger partial charge in [-0.15, -0.1) is 0 Å². The average molecular weight is 228 g/mol. The Bertz CT molecular complexity index is 532. The fraction of sp³-hybridized carbons (Fsp3) is 0.0667. The first kappa shape index (κ1) is 11.4. The third-order valence-corrected chi connectivity index (χ3v) is 2.41. The molecular formula is C15H13FO. The highest BCUT2D eigenvalue weighted by Gasteiger charge is 1.93. The molecule has 2 heteroatoms. The Balaban J connectivity index is 2.19. The van der Waals surface area contributed by atoms with E-state index in [2.05, 4.69) is 0 Å². The Hall–Kier alpha value is -2.09. The second-order valence-corrected chi connectivity index (χ2v) is 3.66. The van der Waals surface area contributed by atoms with Crippen molar-refractivity contribution in [1.29, 1.82) is 0 Å². The lowest BCUT2D eigenvalue weighted by Crippen LogP contribution is -1.82. The molecule has 0 aromatic heterocycles. The van der Waals surface area contributed by atoms with E-state index in [1.807, 2.05) is 42.5 Å². The molecule has 0 bridgehead atoms. The molecule has 0 atom stereocenters. The maximum atomic E-state index is 13.0. The molecule has 0 aliphatic rings. The van der Waals surface area contributed by atoms with E-state index in [0.29, 0.717) is 0 Å². The number of benzene rings is 2. The zero-order chi connectivity index (χ0) is 12.1. The SMILES string of the molecule is COc1cccc(/C=C/c2cccc(F)c2)c1. The summed E-state index contributed by atoms with van der Waals surface area (Å²) in [6.45, 7) is 0. The molecule has 2 rings (SSSR count). The van der Waals surface area contributed by atoms with Crippen LogP contribution in [0.15, 0.2) is 48.5 Å². The van der Waals surface area contributed by atoms with Gasteiger partial charge in [0.2, 0.25) is 0 Å². The van der Waals surface area contributed by atoms with Crippen LogP contribution in [-0.4, -0.2) is 7.11 Å². The van der Waals surface area contributed by atoms with Gasteiger partial charge in [0, 0.05) is 0 Å². The van der Waals surface area contributed by atoms with Crippen molar-refractivity contribution in [3.05, 3.63) is 65.5 Å². The van der Waals surface area contributed by atoms with E-state index in [-0.39, 0.29) is 5.82 Å². The summed E-state index contributed by atoms with van der Waals surface area (Å²) >= 11 is 0. The highest BCUT2D eigenvalue weighted by molar-refractivity contribution is 5.70. The van der Waals surface area contributed by atoms with Gasteiger partial charge < -0.3 is 4.74 Å². The molecule has 0 aliphatic heterocycles. The van der Waals surface area contributed by atoms with Crippen LogP contribution in [0, 0.1) is 5.82 Å². The Kier molecular flexibility index (Phi) is 3.55. The van der Waals surface area contributed by atoms with Crippen LogP contribution < -0.4 is 4.74 Å². The van der Waals surface area contributed by atoms with Crippen LogP contribution in [0.4, 0.5) is 4.39 Å². The maximum absolute atomic E-state index is 13.0. The molecule has 0 fully saturated rings. The van der Waals surface area contributed by atoms with Crippen LogP contribution in [0.25, 0.3) is 12.2 Å². The lowest BCUT2D eigenvalue weighted by Gasteiger charge is -2.00. The predicted octanol–water partition coefficient (Wildman–Crippen LogP) is 4.00. The second kappa shape index (κ2) is 5.30. The van der Waals surface area contributed by atoms with Gasteiger partial charge in [0.1, 0.15) is 11.6 Å². The molecule has 1 nitrogen and oxygen atoms in total. The van der Waals surface area contributed by atoms with Crippen molar-refractivity contribution in [3.8, 4) is 5.75 Å². The van der Waals surface area contributed by atoms with E-state index in [0.717, 1.165) is 16.9 Å². The van der Waals surface area contributed by atoms with E-state index in [1.165, 1.54) is 12.1 Å². The highest BCUT2D eigenvalue weighted by Crippen LogP contribution is 2.15. The summed E-state index contributed by atoms with van der Waals surface area (Å²) in [5.41, 5.74) is 1.86. The van der Waals surface area contributed by atoms with Gasteiger partial charge in [-0.05, 0) is 35.4 Å². The van der Waals surface area contributed by atoms with Crippen molar-refractivity contribution in [2.24, 2.45) is 0 Å².